The summed E-state index contributed by atoms with van der Waals surface area (Å²) in [5, 5.41) is 11.2. The van der Waals surface area contributed by atoms with Crippen LogP contribution in [0.1, 0.15) is 31.7 Å². The number of hydrogen-bond acceptors (Lipinski definition) is 4. The normalized spacial score (nSPS) is 22.2. The molecular formula is C18H24N2O4S. The third kappa shape index (κ3) is 5.49. The fraction of sp³-hybridized carbons (Fsp3) is 0.500. The van der Waals surface area contributed by atoms with Crippen molar-refractivity contribution in [3.63, 3.8) is 0 Å². The lowest BCUT2D eigenvalue weighted by atomic mass is 10.1. The van der Waals surface area contributed by atoms with E-state index in [0.717, 1.165) is 18.4 Å². The van der Waals surface area contributed by atoms with E-state index < -0.39 is 17.3 Å². The monoisotopic (exact) mass is 364 g/mol. The average molecular weight is 364 g/mol. The fourth-order valence-corrected chi connectivity index (χ4v) is 3.31. The van der Waals surface area contributed by atoms with Gasteiger partial charge in [0.05, 0.1) is 5.25 Å². The molecule has 25 heavy (non-hydrogen) atoms. The maximum Gasteiger partial charge on any atom is 0.323 e. The Morgan fingerprint density at radius 2 is 2.00 bits per heavy atom. The van der Waals surface area contributed by atoms with E-state index >= 15 is 0 Å². The molecule has 136 valence electrons. The number of likely N-dealkylation sites (tertiary alicyclic amines) is 1. The average Bonchev–Trinajstić information content (AvgIpc) is 2.69. The van der Waals surface area contributed by atoms with E-state index in [-0.39, 0.29) is 24.4 Å². The van der Waals surface area contributed by atoms with Crippen LogP contribution in [0.5, 0.6) is 0 Å². The van der Waals surface area contributed by atoms with E-state index in [9.17, 15) is 14.4 Å². The maximum absolute atomic E-state index is 12.6. The number of hydrogen-bond donors (Lipinski definition) is 3. The van der Waals surface area contributed by atoms with Crippen molar-refractivity contribution in [2.24, 2.45) is 0 Å². The molecule has 1 fully saturated rings. The summed E-state index contributed by atoms with van der Waals surface area (Å²) < 4.78 is 0. The Morgan fingerprint density at radius 3 is 2.64 bits per heavy atom. The molecule has 7 heteroatoms. The van der Waals surface area contributed by atoms with Crippen LogP contribution in [0, 0.1) is 0 Å². The lowest BCUT2D eigenvalue weighted by molar-refractivity contribution is -0.147. The molecule has 1 heterocycles. The molecule has 0 radical (unpaired) electrons. The van der Waals surface area contributed by atoms with Crippen molar-refractivity contribution in [1.82, 2.24) is 10.2 Å². The van der Waals surface area contributed by atoms with Gasteiger partial charge in [0.15, 0.2) is 0 Å². The summed E-state index contributed by atoms with van der Waals surface area (Å²) in [4.78, 5) is 37.4. The van der Waals surface area contributed by atoms with Crippen molar-refractivity contribution in [3.8, 4) is 0 Å². The molecule has 3 atom stereocenters. The van der Waals surface area contributed by atoms with Gasteiger partial charge < -0.3 is 15.3 Å². The summed E-state index contributed by atoms with van der Waals surface area (Å²) in [6.45, 7) is 1.49. The summed E-state index contributed by atoms with van der Waals surface area (Å²) >= 11 is 4.36. The molecule has 0 spiro atoms. The molecule has 6 nitrogen and oxygen atoms in total. The van der Waals surface area contributed by atoms with Crippen molar-refractivity contribution in [2.45, 2.75) is 49.9 Å². The van der Waals surface area contributed by atoms with Gasteiger partial charge in [-0.25, -0.2) is 0 Å². The molecule has 1 aliphatic heterocycles. The Kier molecular flexibility index (Phi) is 6.87. The van der Waals surface area contributed by atoms with E-state index in [0.29, 0.717) is 12.8 Å². The largest absolute Gasteiger partial charge is 0.480 e. The highest BCUT2D eigenvalue weighted by Crippen LogP contribution is 2.18. The topological polar surface area (TPSA) is 86.7 Å². The number of benzene rings is 1. The molecule has 1 aromatic carbocycles. The summed E-state index contributed by atoms with van der Waals surface area (Å²) in [5.41, 5.74) is 0.992. The van der Waals surface area contributed by atoms with Crippen LogP contribution in [0.4, 0.5) is 0 Å². The minimum atomic E-state index is -1.05. The summed E-state index contributed by atoms with van der Waals surface area (Å²) in [6, 6.07) is 8.69. The van der Waals surface area contributed by atoms with Crippen LogP contribution < -0.4 is 5.32 Å². The van der Waals surface area contributed by atoms with Crippen molar-refractivity contribution in [2.75, 3.05) is 6.54 Å². The zero-order valence-corrected chi connectivity index (χ0v) is 15.1. The van der Waals surface area contributed by atoms with Crippen LogP contribution in [0.15, 0.2) is 30.3 Å². The summed E-state index contributed by atoms with van der Waals surface area (Å²) in [7, 11) is 0. The molecule has 1 aromatic rings. The predicted octanol–water partition coefficient (Wildman–Crippen LogP) is 1.50. The Bertz CT molecular complexity index is 623. The predicted molar refractivity (Wildman–Crippen MR) is 97.5 cm³/mol. The van der Waals surface area contributed by atoms with E-state index in [1.807, 2.05) is 37.3 Å². The first-order valence-corrected chi connectivity index (χ1v) is 8.94. The zero-order chi connectivity index (χ0) is 18.4. The van der Waals surface area contributed by atoms with E-state index in [1.54, 1.807) is 0 Å². The van der Waals surface area contributed by atoms with Gasteiger partial charge in [-0.3, -0.25) is 14.4 Å². The van der Waals surface area contributed by atoms with E-state index in [1.165, 1.54) is 4.90 Å². The Hall–Kier alpha value is -2.02. The summed E-state index contributed by atoms with van der Waals surface area (Å²) in [6.07, 6.45) is 2.45. The quantitative estimate of drug-likeness (QED) is 0.668. The number of carbonyl (C=O) groups excluding carboxylic acids is 2. The number of rotatable bonds is 6. The van der Waals surface area contributed by atoms with Crippen molar-refractivity contribution in [1.29, 1.82) is 0 Å². The van der Waals surface area contributed by atoms with Crippen LogP contribution in [0.2, 0.25) is 0 Å². The molecule has 1 aliphatic rings. The van der Waals surface area contributed by atoms with Crippen molar-refractivity contribution < 1.29 is 19.5 Å². The Morgan fingerprint density at radius 1 is 1.32 bits per heavy atom. The second-order valence-electron chi connectivity index (χ2n) is 6.41. The second kappa shape index (κ2) is 8.89. The zero-order valence-electron chi connectivity index (χ0n) is 14.2. The standard InChI is InChI=1S/C18H24N2O4S/c1-12-6-5-9-14(18(24)20(12)11-16(21)22)19-17(23)15(25)10-13-7-3-2-4-8-13/h2-4,7-8,12,14-15,25H,5-6,9-11H2,1H3,(H,19,23)(H,21,22)/t12-,14+,15+/m1/s1. The number of nitrogens with one attached hydrogen (secondary N) is 1. The molecule has 0 saturated carbocycles. The van der Waals surface area contributed by atoms with Gasteiger partial charge in [0.1, 0.15) is 12.6 Å². The van der Waals surface area contributed by atoms with Crippen LogP contribution in [-0.4, -0.2) is 51.7 Å². The van der Waals surface area contributed by atoms with Gasteiger partial charge in [-0.2, -0.15) is 12.6 Å². The van der Waals surface area contributed by atoms with E-state index in [2.05, 4.69) is 17.9 Å². The molecule has 0 unspecified atom stereocenters. The van der Waals surface area contributed by atoms with Gasteiger partial charge in [-0.15, -0.1) is 0 Å². The molecule has 0 aliphatic carbocycles. The third-order valence-electron chi connectivity index (χ3n) is 4.42. The van der Waals surface area contributed by atoms with Gasteiger partial charge in [0, 0.05) is 6.04 Å². The second-order valence-corrected chi connectivity index (χ2v) is 7.03. The number of carbonyl (C=O) groups is 3. The van der Waals surface area contributed by atoms with Gasteiger partial charge in [-0.1, -0.05) is 30.3 Å². The van der Waals surface area contributed by atoms with Gasteiger partial charge in [0.25, 0.3) is 0 Å². The van der Waals surface area contributed by atoms with Crippen LogP contribution in [0.25, 0.3) is 0 Å². The number of amides is 2. The van der Waals surface area contributed by atoms with Crippen LogP contribution >= 0.6 is 12.6 Å². The van der Waals surface area contributed by atoms with Crippen molar-refractivity contribution >= 4 is 30.4 Å². The first-order valence-electron chi connectivity index (χ1n) is 8.43. The maximum atomic E-state index is 12.6. The molecular weight excluding hydrogens is 340 g/mol. The van der Waals surface area contributed by atoms with Crippen LogP contribution in [0.3, 0.4) is 0 Å². The molecule has 0 bridgehead atoms. The first kappa shape index (κ1) is 19.3. The number of carboxylic acids is 1. The van der Waals surface area contributed by atoms with Gasteiger partial charge in [-0.05, 0) is 38.2 Å². The lowest BCUT2D eigenvalue weighted by Gasteiger charge is -2.28. The Balaban J connectivity index is 2.00. The Labute approximate surface area is 153 Å². The highest BCUT2D eigenvalue weighted by atomic mass is 32.1. The summed E-state index contributed by atoms with van der Waals surface area (Å²) in [5.74, 6) is -1.69. The lowest BCUT2D eigenvalue weighted by Crippen LogP contribution is -2.52. The molecule has 0 aromatic heterocycles. The number of carboxylic acid groups (broad SMARTS) is 1. The van der Waals surface area contributed by atoms with Gasteiger partial charge >= 0.3 is 5.97 Å². The SMILES string of the molecule is C[C@@H]1CCC[C@H](NC(=O)[C@@H](S)Cc2ccccc2)C(=O)N1CC(=O)O. The first-order chi connectivity index (χ1) is 11.9. The third-order valence-corrected chi connectivity index (χ3v) is 4.84. The van der Waals surface area contributed by atoms with Crippen molar-refractivity contribution in [3.05, 3.63) is 35.9 Å². The minimum Gasteiger partial charge on any atom is -0.480 e. The molecule has 2 amide bonds. The van der Waals surface area contributed by atoms with Gasteiger partial charge in [0.2, 0.25) is 11.8 Å². The smallest absolute Gasteiger partial charge is 0.323 e. The number of nitrogens with zero attached hydrogens (tertiary/aromatic N) is 1. The highest BCUT2D eigenvalue weighted by Gasteiger charge is 2.33. The number of aliphatic carboxylic acids is 1. The molecule has 1 saturated heterocycles. The number of thiol groups is 1. The van der Waals surface area contributed by atoms with E-state index in [4.69, 9.17) is 5.11 Å². The fourth-order valence-electron chi connectivity index (χ4n) is 3.03. The molecule has 2 N–H and O–H groups in total. The minimum absolute atomic E-state index is 0.151. The highest BCUT2D eigenvalue weighted by molar-refractivity contribution is 7.81. The van der Waals surface area contributed by atoms with Crippen LogP contribution in [-0.2, 0) is 20.8 Å². The molecule has 2 rings (SSSR count).